The molecule has 2 atom stereocenters. The Bertz CT molecular complexity index is 468. The van der Waals surface area contributed by atoms with Crippen molar-refractivity contribution in [2.45, 2.75) is 37.8 Å². The molecule has 0 radical (unpaired) electrons. The van der Waals surface area contributed by atoms with Crippen LogP contribution in [0.3, 0.4) is 0 Å². The van der Waals surface area contributed by atoms with Gasteiger partial charge in [-0.05, 0) is 25.7 Å². The van der Waals surface area contributed by atoms with E-state index in [0.29, 0.717) is 6.04 Å². The van der Waals surface area contributed by atoms with E-state index in [2.05, 4.69) is 10.4 Å². The Morgan fingerprint density at radius 2 is 2.17 bits per heavy atom. The molecule has 0 bridgehead atoms. The van der Waals surface area contributed by atoms with Crippen molar-refractivity contribution in [3.8, 4) is 0 Å². The number of nitrogens with one attached hydrogen (secondary N) is 1. The Morgan fingerprint density at radius 1 is 1.33 bits per heavy atom. The quantitative estimate of drug-likeness (QED) is 0.834. The van der Waals surface area contributed by atoms with E-state index in [1.54, 1.807) is 0 Å². The van der Waals surface area contributed by atoms with Crippen LogP contribution in [0.15, 0.2) is 6.20 Å². The van der Waals surface area contributed by atoms with E-state index in [4.69, 9.17) is 0 Å². The summed E-state index contributed by atoms with van der Waals surface area (Å²) in [5, 5.41) is 7.86. The van der Waals surface area contributed by atoms with Crippen molar-refractivity contribution in [2.24, 2.45) is 7.05 Å². The first kappa shape index (κ1) is 11.7. The van der Waals surface area contributed by atoms with Gasteiger partial charge in [0.15, 0.2) is 0 Å². The van der Waals surface area contributed by atoms with Gasteiger partial charge in [0.2, 0.25) is 5.91 Å². The second-order valence-electron chi connectivity index (χ2n) is 5.38. The summed E-state index contributed by atoms with van der Waals surface area (Å²) >= 11 is 0. The predicted octanol–water partition coefficient (Wildman–Crippen LogP) is 0.618. The van der Waals surface area contributed by atoms with E-state index in [1.165, 1.54) is 17.7 Å². The minimum Gasteiger partial charge on any atom is -0.344 e. The van der Waals surface area contributed by atoms with E-state index in [0.717, 1.165) is 25.8 Å². The molecule has 0 aromatic carbocycles. The molecule has 5 nitrogen and oxygen atoms in total. The highest BCUT2D eigenvalue weighted by molar-refractivity contribution is 5.83. The van der Waals surface area contributed by atoms with Crippen LogP contribution >= 0.6 is 0 Å². The maximum atomic E-state index is 11.9. The molecule has 1 aromatic heterocycles. The molecule has 1 aromatic rings. The maximum Gasteiger partial charge on any atom is 0.239 e. The van der Waals surface area contributed by atoms with Crippen molar-refractivity contribution >= 4 is 5.91 Å². The number of aryl methyl sites for hydroxylation is 1. The minimum atomic E-state index is -0.00819. The molecule has 18 heavy (non-hydrogen) atoms. The third-order valence-electron chi connectivity index (χ3n) is 4.21. The van der Waals surface area contributed by atoms with Gasteiger partial charge < -0.3 is 4.90 Å². The van der Waals surface area contributed by atoms with Crippen LogP contribution in [0.5, 0.6) is 0 Å². The van der Waals surface area contributed by atoms with Gasteiger partial charge in [-0.25, -0.2) is 0 Å². The Balaban J connectivity index is 1.77. The number of hydrogen-bond donors (Lipinski definition) is 1. The lowest BCUT2D eigenvalue weighted by atomic mass is 9.92. The zero-order valence-corrected chi connectivity index (χ0v) is 11.0. The van der Waals surface area contributed by atoms with Gasteiger partial charge in [0.05, 0.1) is 12.2 Å². The molecule has 1 N–H and O–H groups in total. The van der Waals surface area contributed by atoms with Crippen LogP contribution in [-0.2, 0) is 18.3 Å². The smallest absolute Gasteiger partial charge is 0.239 e. The second-order valence-corrected chi connectivity index (χ2v) is 5.38. The Labute approximate surface area is 107 Å². The molecule has 2 aliphatic rings. The standard InChI is InChI=1S/C13H20N4O/c1-16-7-6-11(13(16)18)15-10-4-3-5-12-9(10)8-14-17(12)2/h8,10-11,15H,3-7H2,1-2H3. The predicted molar refractivity (Wildman–Crippen MR) is 68.1 cm³/mol. The summed E-state index contributed by atoms with van der Waals surface area (Å²) in [6.45, 7) is 0.864. The average Bonchev–Trinajstić information content (AvgIpc) is 2.89. The highest BCUT2D eigenvalue weighted by atomic mass is 16.2. The molecule has 1 aliphatic heterocycles. The molecule has 1 fully saturated rings. The summed E-state index contributed by atoms with van der Waals surface area (Å²) in [6, 6.07) is 0.286. The van der Waals surface area contributed by atoms with E-state index in [9.17, 15) is 4.79 Å². The Morgan fingerprint density at radius 3 is 2.89 bits per heavy atom. The third-order valence-corrected chi connectivity index (χ3v) is 4.21. The third kappa shape index (κ3) is 1.82. The Hall–Kier alpha value is -1.36. The second kappa shape index (κ2) is 4.39. The molecule has 1 aliphatic carbocycles. The minimum absolute atomic E-state index is 0.00819. The van der Waals surface area contributed by atoms with Gasteiger partial charge in [0.25, 0.3) is 0 Å². The summed E-state index contributed by atoms with van der Waals surface area (Å²) in [7, 11) is 3.87. The van der Waals surface area contributed by atoms with Crippen molar-refractivity contribution in [2.75, 3.05) is 13.6 Å². The summed E-state index contributed by atoms with van der Waals surface area (Å²) in [4.78, 5) is 13.7. The molecular weight excluding hydrogens is 228 g/mol. The zero-order valence-electron chi connectivity index (χ0n) is 11.0. The first-order valence-corrected chi connectivity index (χ1v) is 6.68. The number of aromatic nitrogens is 2. The first-order valence-electron chi connectivity index (χ1n) is 6.68. The van der Waals surface area contributed by atoms with Crippen LogP contribution < -0.4 is 5.32 Å². The van der Waals surface area contributed by atoms with Gasteiger partial charge in [-0.3, -0.25) is 14.8 Å². The SMILES string of the molecule is CN1CCC(NC2CCCc3c2cnn3C)C1=O. The van der Waals surface area contributed by atoms with E-state index >= 15 is 0 Å². The number of likely N-dealkylation sites (N-methyl/N-ethyl adjacent to an activating group) is 1. The van der Waals surface area contributed by atoms with Crippen LogP contribution in [-0.4, -0.2) is 40.2 Å². The van der Waals surface area contributed by atoms with Crippen LogP contribution in [0.2, 0.25) is 0 Å². The summed E-state index contributed by atoms with van der Waals surface area (Å²) in [5.41, 5.74) is 2.60. The van der Waals surface area contributed by atoms with Crippen LogP contribution in [0.25, 0.3) is 0 Å². The van der Waals surface area contributed by atoms with Crippen LogP contribution in [0, 0.1) is 0 Å². The normalized spacial score (nSPS) is 27.7. The topological polar surface area (TPSA) is 50.2 Å². The largest absolute Gasteiger partial charge is 0.344 e. The number of carbonyl (C=O) groups excluding carboxylic acids is 1. The van der Waals surface area contributed by atoms with Crippen molar-refractivity contribution < 1.29 is 4.79 Å². The van der Waals surface area contributed by atoms with Gasteiger partial charge in [0, 0.05) is 37.9 Å². The van der Waals surface area contributed by atoms with E-state index in [-0.39, 0.29) is 11.9 Å². The number of carbonyl (C=O) groups is 1. The van der Waals surface area contributed by atoms with Crippen LogP contribution in [0.4, 0.5) is 0 Å². The molecule has 0 spiro atoms. The molecule has 1 saturated heterocycles. The zero-order chi connectivity index (χ0) is 12.7. The highest BCUT2D eigenvalue weighted by Gasteiger charge is 2.33. The molecule has 0 saturated carbocycles. The van der Waals surface area contributed by atoms with Gasteiger partial charge in [-0.15, -0.1) is 0 Å². The summed E-state index contributed by atoms with van der Waals surface area (Å²) in [6.07, 6.45) is 6.24. The van der Waals surface area contributed by atoms with Gasteiger partial charge in [-0.1, -0.05) is 0 Å². The Kier molecular flexibility index (Phi) is 2.86. The van der Waals surface area contributed by atoms with E-state index < -0.39 is 0 Å². The first-order chi connectivity index (χ1) is 8.66. The highest BCUT2D eigenvalue weighted by Crippen LogP contribution is 2.30. The molecule has 98 valence electrons. The lowest BCUT2D eigenvalue weighted by Crippen LogP contribution is -2.40. The number of hydrogen-bond acceptors (Lipinski definition) is 3. The van der Waals surface area contributed by atoms with Crippen molar-refractivity contribution in [3.63, 3.8) is 0 Å². The van der Waals surface area contributed by atoms with E-state index in [1.807, 2.05) is 29.9 Å². The lowest BCUT2D eigenvalue weighted by Gasteiger charge is -2.26. The lowest BCUT2D eigenvalue weighted by molar-refractivity contribution is -0.128. The van der Waals surface area contributed by atoms with Crippen molar-refractivity contribution in [1.82, 2.24) is 20.0 Å². The molecular formula is C13H20N4O. The number of likely N-dealkylation sites (tertiary alicyclic amines) is 1. The summed E-state index contributed by atoms with van der Waals surface area (Å²) in [5.74, 6) is 0.228. The number of amides is 1. The fraction of sp³-hybridized carbons (Fsp3) is 0.692. The average molecular weight is 248 g/mol. The fourth-order valence-corrected chi connectivity index (χ4v) is 3.10. The van der Waals surface area contributed by atoms with Gasteiger partial charge in [-0.2, -0.15) is 5.10 Å². The van der Waals surface area contributed by atoms with Gasteiger partial charge >= 0.3 is 0 Å². The van der Waals surface area contributed by atoms with Crippen LogP contribution in [0.1, 0.15) is 36.6 Å². The molecule has 2 heterocycles. The molecule has 3 rings (SSSR count). The maximum absolute atomic E-state index is 11.9. The number of fused-ring (bicyclic) bond motifs is 1. The number of nitrogens with zero attached hydrogens (tertiary/aromatic N) is 3. The van der Waals surface area contributed by atoms with Gasteiger partial charge in [0.1, 0.15) is 0 Å². The molecule has 2 unspecified atom stereocenters. The monoisotopic (exact) mass is 248 g/mol. The molecule has 5 heteroatoms. The fourth-order valence-electron chi connectivity index (χ4n) is 3.10. The summed E-state index contributed by atoms with van der Waals surface area (Å²) < 4.78 is 1.96. The van der Waals surface area contributed by atoms with Crippen molar-refractivity contribution in [1.29, 1.82) is 0 Å². The molecule has 1 amide bonds. The van der Waals surface area contributed by atoms with Crippen molar-refractivity contribution in [3.05, 3.63) is 17.5 Å². The number of rotatable bonds is 2.